The third-order valence-electron chi connectivity index (χ3n) is 6.32. The van der Waals surface area contributed by atoms with Crippen molar-refractivity contribution in [3.8, 4) is 0 Å². The molecule has 4 rings (SSSR count). The Balaban J connectivity index is 1.38. The molecular weight excluding hydrogens is 348 g/mol. The van der Waals surface area contributed by atoms with Crippen molar-refractivity contribution in [1.82, 2.24) is 9.80 Å². The number of aryl methyl sites for hydroxylation is 2. The first-order valence-corrected chi connectivity index (χ1v) is 10.2. The summed E-state index contributed by atoms with van der Waals surface area (Å²) in [5.41, 5.74) is 5.77. The standard InChI is InChI=1S/C24H28N2O2/c1-17-7-8-20(15-18(17)2)23(27)9-10-24(28)26-14-13-25-12-11-19-5-3-4-6-21(19)22(25)16-26/h3-8,15,22H,9-14,16H2,1-2H3. The number of nitrogens with zero attached hydrogens (tertiary/aromatic N) is 2. The van der Waals surface area contributed by atoms with Crippen LogP contribution < -0.4 is 0 Å². The number of hydrogen-bond acceptors (Lipinski definition) is 3. The summed E-state index contributed by atoms with van der Waals surface area (Å²) in [6.07, 6.45) is 1.66. The second-order valence-corrected chi connectivity index (χ2v) is 8.06. The van der Waals surface area contributed by atoms with Crippen LogP contribution >= 0.6 is 0 Å². The van der Waals surface area contributed by atoms with Gasteiger partial charge in [0.05, 0.1) is 6.04 Å². The largest absolute Gasteiger partial charge is 0.339 e. The Hall–Kier alpha value is -2.46. The third-order valence-corrected chi connectivity index (χ3v) is 6.32. The molecule has 2 aromatic carbocycles. The van der Waals surface area contributed by atoms with E-state index in [4.69, 9.17) is 0 Å². The molecule has 0 N–H and O–H groups in total. The molecule has 1 unspecified atom stereocenters. The van der Waals surface area contributed by atoms with E-state index in [-0.39, 0.29) is 24.2 Å². The molecule has 146 valence electrons. The maximum absolute atomic E-state index is 12.8. The van der Waals surface area contributed by atoms with Gasteiger partial charge in [0.15, 0.2) is 5.78 Å². The fourth-order valence-electron chi connectivity index (χ4n) is 4.40. The lowest BCUT2D eigenvalue weighted by molar-refractivity contribution is -0.134. The molecule has 1 saturated heterocycles. The first kappa shape index (κ1) is 18.9. The summed E-state index contributed by atoms with van der Waals surface area (Å²) in [4.78, 5) is 29.8. The topological polar surface area (TPSA) is 40.6 Å². The van der Waals surface area contributed by atoms with E-state index in [0.717, 1.165) is 38.2 Å². The summed E-state index contributed by atoms with van der Waals surface area (Å²) < 4.78 is 0. The SMILES string of the molecule is Cc1ccc(C(=O)CCC(=O)N2CCN3CCc4ccccc4C3C2)cc1C. The van der Waals surface area contributed by atoms with Crippen LogP contribution in [0.4, 0.5) is 0 Å². The van der Waals surface area contributed by atoms with Gasteiger partial charge in [0.1, 0.15) is 0 Å². The number of benzene rings is 2. The van der Waals surface area contributed by atoms with Crippen LogP contribution in [0, 0.1) is 13.8 Å². The summed E-state index contributed by atoms with van der Waals surface area (Å²) in [7, 11) is 0. The van der Waals surface area contributed by atoms with Crippen molar-refractivity contribution in [3.63, 3.8) is 0 Å². The number of carbonyl (C=O) groups excluding carboxylic acids is 2. The highest BCUT2D eigenvalue weighted by atomic mass is 16.2. The minimum atomic E-state index is 0.0538. The minimum absolute atomic E-state index is 0.0538. The summed E-state index contributed by atoms with van der Waals surface area (Å²) >= 11 is 0. The Kier molecular flexibility index (Phi) is 5.31. The van der Waals surface area contributed by atoms with Gasteiger partial charge < -0.3 is 4.90 Å². The van der Waals surface area contributed by atoms with Gasteiger partial charge in [-0.2, -0.15) is 0 Å². The summed E-state index contributed by atoms with van der Waals surface area (Å²) in [5, 5.41) is 0. The van der Waals surface area contributed by atoms with E-state index >= 15 is 0 Å². The van der Waals surface area contributed by atoms with Gasteiger partial charge in [-0.05, 0) is 48.6 Å². The van der Waals surface area contributed by atoms with E-state index < -0.39 is 0 Å². The lowest BCUT2D eigenvalue weighted by Crippen LogP contribution is -2.52. The summed E-state index contributed by atoms with van der Waals surface area (Å²) in [6.45, 7) is 7.52. The maximum atomic E-state index is 12.8. The van der Waals surface area contributed by atoms with Crippen molar-refractivity contribution in [2.75, 3.05) is 26.2 Å². The Morgan fingerprint density at radius 2 is 1.79 bits per heavy atom. The predicted octanol–water partition coefficient (Wildman–Crippen LogP) is 3.71. The maximum Gasteiger partial charge on any atom is 0.223 e. The highest BCUT2D eigenvalue weighted by molar-refractivity contribution is 5.98. The Bertz CT molecular complexity index is 905. The molecule has 0 aromatic heterocycles. The highest BCUT2D eigenvalue weighted by Crippen LogP contribution is 2.32. The van der Waals surface area contributed by atoms with Crippen LogP contribution in [-0.4, -0.2) is 47.7 Å². The molecule has 2 aliphatic rings. The smallest absolute Gasteiger partial charge is 0.223 e. The zero-order valence-electron chi connectivity index (χ0n) is 16.8. The molecule has 2 aliphatic heterocycles. The number of carbonyl (C=O) groups is 2. The van der Waals surface area contributed by atoms with Gasteiger partial charge >= 0.3 is 0 Å². The molecule has 0 radical (unpaired) electrons. The van der Waals surface area contributed by atoms with Gasteiger partial charge in [-0.3, -0.25) is 14.5 Å². The summed E-state index contributed by atoms with van der Waals surface area (Å²) in [5.74, 6) is 0.151. The summed E-state index contributed by atoms with van der Waals surface area (Å²) in [6, 6.07) is 14.7. The van der Waals surface area contributed by atoms with Crippen molar-refractivity contribution < 1.29 is 9.59 Å². The molecule has 1 atom stereocenters. The Morgan fingerprint density at radius 3 is 2.61 bits per heavy atom. The van der Waals surface area contributed by atoms with Crippen LogP contribution in [0.15, 0.2) is 42.5 Å². The molecule has 2 aromatic rings. The normalized spacial score (nSPS) is 19.1. The molecule has 2 heterocycles. The van der Waals surface area contributed by atoms with Gasteiger partial charge in [-0.1, -0.05) is 36.4 Å². The third kappa shape index (κ3) is 3.74. The molecular formula is C24H28N2O2. The molecule has 0 spiro atoms. The van der Waals surface area contributed by atoms with Gasteiger partial charge in [0, 0.05) is 44.6 Å². The highest BCUT2D eigenvalue weighted by Gasteiger charge is 2.33. The van der Waals surface area contributed by atoms with E-state index in [0.29, 0.717) is 12.0 Å². The lowest BCUT2D eigenvalue weighted by Gasteiger charge is -2.45. The van der Waals surface area contributed by atoms with Crippen molar-refractivity contribution in [2.24, 2.45) is 0 Å². The molecule has 4 heteroatoms. The first-order chi connectivity index (χ1) is 13.5. The van der Waals surface area contributed by atoms with Crippen LogP contribution in [0.5, 0.6) is 0 Å². The molecule has 1 fully saturated rings. The number of rotatable bonds is 4. The fourth-order valence-corrected chi connectivity index (χ4v) is 4.40. The Labute approximate surface area is 167 Å². The quantitative estimate of drug-likeness (QED) is 0.764. The van der Waals surface area contributed by atoms with E-state index in [9.17, 15) is 9.59 Å². The van der Waals surface area contributed by atoms with Gasteiger partial charge in [-0.15, -0.1) is 0 Å². The zero-order valence-corrected chi connectivity index (χ0v) is 16.8. The number of piperazine rings is 1. The van der Waals surface area contributed by atoms with Crippen molar-refractivity contribution in [2.45, 2.75) is 39.2 Å². The second-order valence-electron chi connectivity index (χ2n) is 8.06. The number of hydrogen-bond donors (Lipinski definition) is 0. The molecule has 4 nitrogen and oxygen atoms in total. The van der Waals surface area contributed by atoms with Crippen LogP contribution in [0.3, 0.4) is 0 Å². The lowest BCUT2D eigenvalue weighted by atomic mass is 9.91. The van der Waals surface area contributed by atoms with Gasteiger partial charge in [0.25, 0.3) is 0 Å². The zero-order chi connectivity index (χ0) is 19.7. The predicted molar refractivity (Wildman–Crippen MR) is 111 cm³/mol. The molecule has 28 heavy (non-hydrogen) atoms. The minimum Gasteiger partial charge on any atom is -0.339 e. The average molecular weight is 377 g/mol. The molecule has 0 aliphatic carbocycles. The second kappa shape index (κ2) is 7.88. The Morgan fingerprint density at radius 1 is 0.964 bits per heavy atom. The monoisotopic (exact) mass is 376 g/mol. The van der Waals surface area contributed by atoms with Crippen molar-refractivity contribution in [3.05, 3.63) is 70.3 Å². The van der Waals surface area contributed by atoms with Crippen LogP contribution in [0.25, 0.3) is 0 Å². The molecule has 1 amide bonds. The van der Waals surface area contributed by atoms with Gasteiger partial charge in [-0.25, -0.2) is 0 Å². The number of fused-ring (bicyclic) bond motifs is 3. The molecule has 0 saturated carbocycles. The fraction of sp³-hybridized carbons (Fsp3) is 0.417. The number of ketones is 1. The van der Waals surface area contributed by atoms with Gasteiger partial charge in [0.2, 0.25) is 5.91 Å². The first-order valence-electron chi connectivity index (χ1n) is 10.2. The van der Waals surface area contributed by atoms with E-state index in [1.54, 1.807) is 0 Å². The average Bonchev–Trinajstić information content (AvgIpc) is 2.73. The van der Waals surface area contributed by atoms with Crippen LogP contribution in [0.1, 0.15) is 51.5 Å². The van der Waals surface area contributed by atoms with Crippen LogP contribution in [-0.2, 0) is 11.2 Å². The number of Topliss-reactive ketones (excluding diaryl/α,β-unsaturated/α-hetero) is 1. The van der Waals surface area contributed by atoms with Crippen LogP contribution in [0.2, 0.25) is 0 Å². The van der Waals surface area contributed by atoms with Crippen molar-refractivity contribution in [1.29, 1.82) is 0 Å². The van der Waals surface area contributed by atoms with E-state index in [1.165, 1.54) is 16.7 Å². The van der Waals surface area contributed by atoms with Crippen molar-refractivity contribution >= 4 is 11.7 Å². The molecule has 0 bridgehead atoms. The van der Waals surface area contributed by atoms with E-state index in [1.807, 2.05) is 36.9 Å². The van der Waals surface area contributed by atoms with E-state index in [2.05, 4.69) is 29.2 Å². The number of amides is 1.